The van der Waals surface area contributed by atoms with Gasteiger partial charge in [0.2, 0.25) is 0 Å². The van der Waals surface area contributed by atoms with E-state index in [1.54, 1.807) is 0 Å². The van der Waals surface area contributed by atoms with E-state index in [0.29, 0.717) is 5.65 Å². The lowest BCUT2D eigenvalue weighted by Crippen LogP contribution is -2.03. The molecule has 1 aromatic carbocycles. The number of nitrogens with zero attached hydrogens (tertiary/aromatic N) is 1. The Morgan fingerprint density at radius 2 is 1.88 bits per heavy atom. The fraction of sp³-hybridized carbons (Fsp3) is 0. The Morgan fingerprint density at radius 3 is 2.69 bits per heavy atom. The molecule has 0 unspecified atom stereocenters. The molecule has 5 heteroatoms. The molecular formula is C11H7N3O2. The topological polar surface area (TPSA) is 78.1 Å². The smallest absolute Gasteiger partial charge is 0.279 e. The number of fused-ring (bicyclic) bond motifs is 3. The summed E-state index contributed by atoms with van der Waals surface area (Å²) in [5.74, 6) is 0. The number of pyridine rings is 1. The Hall–Kier alpha value is -2.43. The molecule has 0 radical (unpaired) electrons. The number of nitrogens with one attached hydrogen (secondary N) is 2. The molecule has 0 aliphatic heterocycles. The quantitative estimate of drug-likeness (QED) is 0.609. The van der Waals surface area contributed by atoms with Crippen LogP contribution in [0.4, 0.5) is 5.69 Å². The maximum atomic E-state index is 11.4. The zero-order chi connectivity index (χ0) is 11.1. The van der Waals surface area contributed by atoms with E-state index >= 15 is 0 Å². The van der Waals surface area contributed by atoms with Crippen LogP contribution < -0.4 is 5.56 Å². The van der Waals surface area contributed by atoms with E-state index in [-0.39, 0.29) is 5.69 Å². The summed E-state index contributed by atoms with van der Waals surface area (Å²) in [5.41, 5.74) is 0.945. The molecule has 3 aromatic rings. The van der Waals surface area contributed by atoms with Crippen LogP contribution in [0.25, 0.3) is 21.9 Å². The summed E-state index contributed by atoms with van der Waals surface area (Å²) < 4.78 is 0. The molecule has 0 atom stereocenters. The number of hydrogen-bond donors (Lipinski definition) is 2. The van der Waals surface area contributed by atoms with E-state index in [0.717, 1.165) is 16.3 Å². The standard InChI is InChI=1S/C11H7N3O2/c15-11-9(14-16)5-7-6-3-1-2-4-8(6)12-10(7)13-11/h1-5H,(H2,12,13,15). The van der Waals surface area contributed by atoms with Crippen LogP contribution in [-0.4, -0.2) is 9.97 Å². The molecule has 0 amide bonds. The lowest BCUT2D eigenvalue weighted by Gasteiger charge is -1.91. The van der Waals surface area contributed by atoms with Gasteiger partial charge >= 0.3 is 0 Å². The van der Waals surface area contributed by atoms with Crippen LogP contribution in [0.15, 0.2) is 40.3 Å². The van der Waals surface area contributed by atoms with Crippen LogP contribution in [0.2, 0.25) is 0 Å². The van der Waals surface area contributed by atoms with Crippen molar-refractivity contribution in [1.29, 1.82) is 0 Å². The van der Waals surface area contributed by atoms with Gasteiger partial charge in [-0.05, 0) is 17.3 Å². The lowest BCUT2D eigenvalue weighted by molar-refractivity contribution is 1.25. The Balaban J connectivity index is 2.57. The van der Waals surface area contributed by atoms with Crippen molar-refractivity contribution in [3.05, 3.63) is 45.6 Å². The molecule has 0 aliphatic rings. The summed E-state index contributed by atoms with van der Waals surface area (Å²) in [6.45, 7) is 0. The van der Waals surface area contributed by atoms with Crippen molar-refractivity contribution >= 4 is 27.6 Å². The number of benzene rings is 1. The highest BCUT2D eigenvalue weighted by Gasteiger charge is 2.07. The van der Waals surface area contributed by atoms with Crippen molar-refractivity contribution in [3.8, 4) is 0 Å². The second-order valence-electron chi connectivity index (χ2n) is 3.53. The van der Waals surface area contributed by atoms with Crippen LogP contribution in [0, 0.1) is 4.91 Å². The third-order valence-electron chi connectivity index (χ3n) is 2.60. The lowest BCUT2D eigenvalue weighted by atomic mass is 10.2. The van der Waals surface area contributed by atoms with Gasteiger partial charge in [0.1, 0.15) is 5.65 Å². The van der Waals surface area contributed by atoms with Crippen LogP contribution >= 0.6 is 0 Å². The SMILES string of the molecule is O=Nc1cc2c([nH]c1=O)[nH]c1ccccc12. The van der Waals surface area contributed by atoms with E-state index in [2.05, 4.69) is 15.1 Å². The number of rotatable bonds is 1. The summed E-state index contributed by atoms with van der Waals surface area (Å²) in [4.78, 5) is 27.5. The Kier molecular flexibility index (Phi) is 1.67. The zero-order valence-corrected chi connectivity index (χ0v) is 8.15. The summed E-state index contributed by atoms with van der Waals surface area (Å²) in [6.07, 6.45) is 0. The molecule has 16 heavy (non-hydrogen) atoms. The number of para-hydroxylation sites is 1. The minimum atomic E-state index is -0.478. The molecule has 0 saturated carbocycles. The van der Waals surface area contributed by atoms with Crippen LogP contribution in [0.1, 0.15) is 0 Å². The van der Waals surface area contributed by atoms with Gasteiger partial charge in [0.15, 0.2) is 5.69 Å². The third-order valence-corrected chi connectivity index (χ3v) is 2.60. The molecule has 0 bridgehead atoms. The first kappa shape index (κ1) is 8.84. The minimum Gasteiger partial charge on any atom is -0.341 e. The summed E-state index contributed by atoms with van der Waals surface area (Å²) in [6, 6.07) is 9.12. The molecule has 0 saturated heterocycles. The van der Waals surface area contributed by atoms with Gasteiger partial charge in [-0.2, -0.15) is 0 Å². The number of H-pyrrole nitrogens is 2. The second-order valence-corrected chi connectivity index (χ2v) is 3.53. The Morgan fingerprint density at radius 1 is 1.06 bits per heavy atom. The van der Waals surface area contributed by atoms with Crippen LogP contribution in [-0.2, 0) is 0 Å². The number of nitroso groups, excluding NO2 is 1. The molecule has 0 spiro atoms. The van der Waals surface area contributed by atoms with Gasteiger partial charge in [0.25, 0.3) is 5.56 Å². The van der Waals surface area contributed by atoms with E-state index in [1.165, 1.54) is 6.07 Å². The minimum absolute atomic E-state index is 0.0998. The highest BCUT2D eigenvalue weighted by molar-refractivity contribution is 6.06. The highest BCUT2D eigenvalue weighted by atomic mass is 16.3. The molecule has 78 valence electrons. The normalized spacial score (nSPS) is 11.0. The predicted molar refractivity (Wildman–Crippen MR) is 61.9 cm³/mol. The maximum Gasteiger partial charge on any atom is 0.279 e. The van der Waals surface area contributed by atoms with Crippen LogP contribution in [0.5, 0.6) is 0 Å². The van der Waals surface area contributed by atoms with E-state index in [1.807, 2.05) is 24.3 Å². The van der Waals surface area contributed by atoms with Gasteiger partial charge in [-0.1, -0.05) is 18.2 Å². The van der Waals surface area contributed by atoms with Gasteiger partial charge in [0.05, 0.1) is 0 Å². The highest BCUT2D eigenvalue weighted by Crippen LogP contribution is 2.24. The second kappa shape index (κ2) is 3.03. The largest absolute Gasteiger partial charge is 0.341 e. The molecular weight excluding hydrogens is 206 g/mol. The van der Waals surface area contributed by atoms with Gasteiger partial charge in [-0.3, -0.25) is 4.79 Å². The van der Waals surface area contributed by atoms with E-state index in [4.69, 9.17) is 0 Å². The summed E-state index contributed by atoms with van der Waals surface area (Å²) in [7, 11) is 0. The van der Waals surface area contributed by atoms with Crippen LogP contribution in [0.3, 0.4) is 0 Å². The molecule has 5 nitrogen and oxygen atoms in total. The monoisotopic (exact) mass is 213 g/mol. The first-order valence-electron chi connectivity index (χ1n) is 4.77. The van der Waals surface area contributed by atoms with Crippen molar-refractivity contribution in [2.75, 3.05) is 0 Å². The molecule has 0 fully saturated rings. The Bertz CT molecular complexity index is 755. The first-order valence-corrected chi connectivity index (χ1v) is 4.77. The van der Waals surface area contributed by atoms with Gasteiger partial charge in [-0.15, -0.1) is 4.91 Å². The van der Waals surface area contributed by atoms with E-state index < -0.39 is 5.56 Å². The average Bonchev–Trinajstić information content (AvgIpc) is 2.65. The summed E-state index contributed by atoms with van der Waals surface area (Å²) >= 11 is 0. The fourth-order valence-electron chi connectivity index (χ4n) is 1.86. The van der Waals surface area contributed by atoms with Crippen molar-refractivity contribution in [2.45, 2.75) is 0 Å². The Labute approximate surface area is 89.1 Å². The van der Waals surface area contributed by atoms with Crippen molar-refractivity contribution in [2.24, 2.45) is 5.18 Å². The maximum absolute atomic E-state index is 11.4. The third kappa shape index (κ3) is 1.08. The van der Waals surface area contributed by atoms with Crippen molar-refractivity contribution in [1.82, 2.24) is 9.97 Å². The fourth-order valence-corrected chi connectivity index (χ4v) is 1.86. The van der Waals surface area contributed by atoms with Crippen molar-refractivity contribution in [3.63, 3.8) is 0 Å². The number of aromatic amines is 2. The molecule has 3 rings (SSSR count). The average molecular weight is 213 g/mol. The molecule has 2 heterocycles. The molecule has 0 aliphatic carbocycles. The molecule has 2 aromatic heterocycles. The van der Waals surface area contributed by atoms with Gasteiger partial charge in [0, 0.05) is 16.3 Å². The number of hydrogen-bond acceptors (Lipinski definition) is 3. The molecule has 2 N–H and O–H groups in total. The summed E-state index contributed by atoms with van der Waals surface area (Å²) in [5, 5.41) is 4.45. The van der Waals surface area contributed by atoms with Gasteiger partial charge in [-0.25, -0.2) is 0 Å². The van der Waals surface area contributed by atoms with E-state index in [9.17, 15) is 9.70 Å². The predicted octanol–water partition coefficient (Wildman–Crippen LogP) is 2.41. The number of aromatic nitrogens is 2. The van der Waals surface area contributed by atoms with Crippen molar-refractivity contribution < 1.29 is 0 Å². The van der Waals surface area contributed by atoms with Gasteiger partial charge < -0.3 is 9.97 Å². The zero-order valence-electron chi connectivity index (χ0n) is 8.15. The first-order chi connectivity index (χ1) is 7.79.